The summed E-state index contributed by atoms with van der Waals surface area (Å²) in [6.45, 7) is 3.24. The van der Waals surface area contributed by atoms with E-state index >= 15 is 0 Å². The van der Waals surface area contributed by atoms with Crippen LogP contribution in [0.2, 0.25) is 0 Å². The van der Waals surface area contributed by atoms with Crippen molar-refractivity contribution in [3.8, 4) is 0 Å². The first-order chi connectivity index (χ1) is 14.4. The molecule has 12 heteroatoms. The number of aromatic nitrogens is 3. The molecule has 3 aromatic rings. The highest BCUT2D eigenvalue weighted by atomic mass is 79.9. The Morgan fingerprint density at radius 1 is 1.10 bits per heavy atom. The SMILES string of the molecule is C[C@@H]1CN(c2nc3c(C(F)(F)F)cc(C(F)(F)F)cc3[nH]2)CCN1c1ncccc1Br. The van der Waals surface area contributed by atoms with E-state index < -0.39 is 29.0 Å². The third kappa shape index (κ3) is 4.17. The molecule has 2 aromatic heterocycles. The first-order valence-electron chi connectivity index (χ1n) is 9.25. The number of aromatic amines is 1. The molecule has 0 spiro atoms. The van der Waals surface area contributed by atoms with Crippen LogP contribution in [0.4, 0.5) is 38.1 Å². The third-order valence-corrected chi connectivity index (χ3v) is 5.76. The number of hydrogen-bond acceptors (Lipinski definition) is 4. The minimum atomic E-state index is -4.97. The molecule has 31 heavy (non-hydrogen) atoms. The van der Waals surface area contributed by atoms with E-state index in [9.17, 15) is 26.3 Å². The van der Waals surface area contributed by atoms with E-state index in [4.69, 9.17) is 0 Å². The van der Waals surface area contributed by atoms with Crippen LogP contribution in [0.3, 0.4) is 0 Å². The van der Waals surface area contributed by atoms with Gasteiger partial charge in [-0.2, -0.15) is 26.3 Å². The molecule has 0 unspecified atom stereocenters. The van der Waals surface area contributed by atoms with Crippen molar-refractivity contribution in [1.29, 1.82) is 0 Å². The van der Waals surface area contributed by atoms with Crippen LogP contribution in [-0.4, -0.2) is 40.6 Å². The number of rotatable bonds is 2. The van der Waals surface area contributed by atoms with Gasteiger partial charge in [0.05, 0.1) is 21.1 Å². The Morgan fingerprint density at radius 3 is 2.45 bits per heavy atom. The first-order valence-corrected chi connectivity index (χ1v) is 10.0. The molecular formula is C19H16BrF6N5. The Bertz CT molecular complexity index is 1110. The van der Waals surface area contributed by atoms with Crippen molar-refractivity contribution in [3.05, 3.63) is 46.1 Å². The van der Waals surface area contributed by atoms with Gasteiger partial charge in [0.25, 0.3) is 0 Å². The van der Waals surface area contributed by atoms with Gasteiger partial charge < -0.3 is 14.8 Å². The molecular weight excluding hydrogens is 492 g/mol. The van der Waals surface area contributed by atoms with Crippen molar-refractivity contribution >= 4 is 38.7 Å². The maximum absolute atomic E-state index is 13.4. The summed E-state index contributed by atoms with van der Waals surface area (Å²) in [5.41, 5.74) is -3.62. The Labute approximate surface area is 181 Å². The summed E-state index contributed by atoms with van der Waals surface area (Å²) in [6.07, 6.45) is -8.21. The molecule has 1 aromatic carbocycles. The number of imidazole rings is 1. The first kappa shape index (κ1) is 21.7. The van der Waals surface area contributed by atoms with Gasteiger partial charge in [0, 0.05) is 31.9 Å². The van der Waals surface area contributed by atoms with Gasteiger partial charge in [-0.3, -0.25) is 0 Å². The maximum atomic E-state index is 13.4. The standard InChI is InChI=1S/C19H16BrF6N5/c1-10-9-30(5-6-31(10)16-13(20)3-2-4-27-16)17-28-14-8-11(18(21,22)23)7-12(15(14)29-17)19(24,25)26/h2-4,7-8,10H,5-6,9H2,1H3,(H,28,29)/t10-/m1/s1. The second-order valence-corrected chi connectivity index (χ2v) is 8.13. The summed E-state index contributed by atoms with van der Waals surface area (Å²) >= 11 is 3.46. The molecule has 1 aliphatic heterocycles. The van der Waals surface area contributed by atoms with E-state index in [2.05, 4.69) is 30.9 Å². The lowest BCUT2D eigenvalue weighted by atomic mass is 10.1. The number of anilines is 2. The minimum Gasteiger partial charge on any atom is -0.349 e. The molecule has 1 N–H and O–H groups in total. The smallest absolute Gasteiger partial charge is 0.349 e. The highest BCUT2D eigenvalue weighted by molar-refractivity contribution is 9.10. The van der Waals surface area contributed by atoms with E-state index in [0.717, 1.165) is 10.3 Å². The van der Waals surface area contributed by atoms with Crippen molar-refractivity contribution in [3.63, 3.8) is 0 Å². The second kappa shape index (κ2) is 7.57. The molecule has 1 atom stereocenters. The number of nitrogens with one attached hydrogen (secondary N) is 1. The average molecular weight is 508 g/mol. The van der Waals surface area contributed by atoms with Crippen molar-refractivity contribution in [2.75, 3.05) is 29.4 Å². The maximum Gasteiger partial charge on any atom is 0.418 e. The Kier molecular flexibility index (Phi) is 5.31. The molecule has 4 rings (SSSR count). The highest BCUT2D eigenvalue weighted by Crippen LogP contribution is 2.40. The van der Waals surface area contributed by atoms with Crippen LogP contribution in [-0.2, 0) is 12.4 Å². The average Bonchev–Trinajstić information content (AvgIpc) is 3.10. The zero-order valence-electron chi connectivity index (χ0n) is 16.0. The molecule has 0 radical (unpaired) electrons. The van der Waals surface area contributed by atoms with E-state index in [1.54, 1.807) is 17.2 Å². The Morgan fingerprint density at radius 2 is 1.84 bits per heavy atom. The van der Waals surface area contributed by atoms with Gasteiger partial charge in [0.1, 0.15) is 11.3 Å². The van der Waals surface area contributed by atoms with Crippen molar-refractivity contribution in [1.82, 2.24) is 15.0 Å². The molecule has 166 valence electrons. The van der Waals surface area contributed by atoms with Crippen molar-refractivity contribution in [2.24, 2.45) is 0 Å². The molecule has 1 fully saturated rings. The normalized spacial score (nSPS) is 18.1. The molecule has 0 saturated carbocycles. The summed E-state index contributed by atoms with van der Waals surface area (Å²) in [5, 5.41) is 0. The molecule has 0 aliphatic carbocycles. The number of pyridine rings is 1. The predicted molar refractivity (Wildman–Crippen MR) is 107 cm³/mol. The topological polar surface area (TPSA) is 48.1 Å². The van der Waals surface area contributed by atoms with Gasteiger partial charge in [-0.1, -0.05) is 0 Å². The summed E-state index contributed by atoms with van der Waals surface area (Å²) in [7, 11) is 0. The number of halogens is 7. The number of piperazine rings is 1. The van der Waals surface area contributed by atoms with Gasteiger partial charge in [-0.15, -0.1) is 0 Å². The van der Waals surface area contributed by atoms with Gasteiger partial charge in [0.2, 0.25) is 5.95 Å². The van der Waals surface area contributed by atoms with E-state index in [1.165, 1.54) is 0 Å². The van der Waals surface area contributed by atoms with Crippen LogP contribution < -0.4 is 9.80 Å². The number of nitrogens with zero attached hydrogens (tertiary/aromatic N) is 4. The summed E-state index contributed by atoms with van der Waals surface area (Å²) in [6, 6.07) is 4.34. The molecule has 0 amide bonds. The lowest BCUT2D eigenvalue weighted by Gasteiger charge is -2.40. The number of hydrogen-bond donors (Lipinski definition) is 1. The van der Waals surface area contributed by atoms with Gasteiger partial charge >= 0.3 is 12.4 Å². The summed E-state index contributed by atoms with van der Waals surface area (Å²) in [4.78, 5) is 14.8. The fourth-order valence-corrected chi connectivity index (χ4v) is 4.17. The number of H-pyrrole nitrogens is 1. The van der Waals surface area contributed by atoms with Crippen molar-refractivity contribution in [2.45, 2.75) is 25.3 Å². The van der Waals surface area contributed by atoms with Crippen LogP contribution in [0, 0.1) is 0 Å². The lowest BCUT2D eigenvalue weighted by Crippen LogP contribution is -2.52. The van der Waals surface area contributed by atoms with E-state index in [-0.39, 0.29) is 23.6 Å². The lowest BCUT2D eigenvalue weighted by molar-refractivity contribution is -0.142. The van der Waals surface area contributed by atoms with Gasteiger partial charge in [0.15, 0.2) is 0 Å². The van der Waals surface area contributed by atoms with E-state index in [1.807, 2.05) is 17.9 Å². The fraction of sp³-hybridized carbons (Fsp3) is 0.368. The number of alkyl halides is 6. The van der Waals surface area contributed by atoms with Crippen molar-refractivity contribution < 1.29 is 26.3 Å². The van der Waals surface area contributed by atoms with Crippen LogP contribution in [0.5, 0.6) is 0 Å². The van der Waals surface area contributed by atoms with Crippen LogP contribution in [0.15, 0.2) is 34.9 Å². The zero-order valence-corrected chi connectivity index (χ0v) is 17.6. The number of fused-ring (bicyclic) bond motifs is 1. The Balaban J connectivity index is 1.67. The summed E-state index contributed by atoms with van der Waals surface area (Å²) in [5.74, 6) is 0.847. The van der Waals surface area contributed by atoms with Crippen LogP contribution >= 0.6 is 15.9 Å². The molecule has 3 heterocycles. The molecule has 1 saturated heterocycles. The molecule has 5 nitrogen and oxygen atoms in total. The fourth-order valence-electron chi connectivity index (χ4n) is 3.69. The van der Waals surface area contributed by atoms with Gasteiger partial charge in [-0.25, -0.2) is 9.97 Å². The van der Waals surface area contributed by atoms with Crippen LogP contribution in [0.25, 0.3) is 11.0 Å². The monoisotopic (exact) mass is 507 g/mol. The van der Waals surface area contributed by atoms with Gasteiger partial charge in [-0.05, 0) is 47.1 Å². The summed E-state index contributed by atoms with van der Waals surface area (Å²) < 4.78 is 80.4. The van der Waals surface area contributed by atoms with Crippen LogP contribution in [0.1, 0.15) is 18.1 Å². The Hall–Kier alpha value is -2.50. The largest absolute Gasteiger partial charge is 0.418 e. The highest BCUT2D eigenvalue weighted by Gasteiger charge is 2.39. The molecule has 1 aliphatic rings. The third-order valence-electron chi connectivity index (χ3n) is 5.14. The molecule has 0 bridgehead atoms. The predicted octanol–water partition coefficient (Wildman–Crippen LogP) is 5.47. The number of benzene rings is 1. The minimum absolute atomic E-state index is 0.0685. The van der Waals surface area contributed by atoms with E-state index in [0.29, 0.717) is 25.7 Å². The zero-order chi connectivity index (χ0) is 22.6. The quantitative estimate of drug-likeness (QED) is 0.467. The second-order valence-electron chi connectivity index (χ2n) is 7.27.